The fraction of sp³-hybridized carbons (Fsp3) is 0.562. The third kappa shape index (κ3) is 4.91. The molecule has 2 aliphatic heterocycles. The highest BCUT2D eigenvalue weighted by Crippen LogP contribution is 2.21. The lowest BCUT2D eigenvalue weighted by atomic mass is 10.1. The maximum absolute atomic E-state index is 13.0. The smallest absolute Gasteiger partial charge is 0.236 e. The molecular formula is C16H23ClFN3O3S. The molecule has 1 atom stereocenters. The van der Waals surface area contributed by atoms with Crippen LogP contribution >= 0.6 is 12.4 Å². The van der Waals surface area contributed by atoms with Crippen LogP contribution < -0.4 is 5.32 Å². The summed E-state index contributed by atoms with van der Waals surface area (Å²) in [4.78, 5) is 13.8. The fourth-order valence-corrected chi connectivity index (χ4v) is 4.92. The quantitative estimate of drug-likeness (QED) is 0.830. The van der Waals surface area contributed by atoms with Crippen LogP contribution in [0, 0.1) is 5.82 Å². The van der Waals surface area contributed by atoms with Gasteiger partial charge in [0.25, 0.3) is 0 Å². The number of amides is 1. The van der Waals surface area contributed by atoms with Crippen LogP contribution in [0.5, 0.6) is 0 Å². The minimum atomic E-state index is -3.48. The van der Waals surface area contributed by atoms with Crippen LogP contribution in [0.2, 0.25) is 0 Å². The van der Waals surface area contributed by atoms with Crippen molar-refractivity contribution in [2.75, 3.05) is 32.7 Å². The van der Waals surface area contributed by atoms with Gasteiger partial charge in [-0.15, -0.1) is 12.4 Å². The molecule has 1 aromatic rings. The third-order valence-electron chi connectivity index (χ3n) is 4.58. The maximum atomic E-state index is 13.0. The predicted octanol–water partition coefficient (Wildman–Crippen LogP) is 0.973. The Morgan fingerprint density at radius 2 is 1.92 bits per heavy atom. The summed E-state index contributed by atoms with van der Waals surface area (Å²) in [5.74, 6) is -0.495. The lowest BCUT2D eigenvalue weighted by Crippen LogP contribution is -2.57. The molecule has 0 radical (unpaired) electrons. The molecule has 1 unspecified atom stereocenters. The lowest BCUT2D eigenvalue weighted by Gasteiger charge is -2.40. The predicted molar refractivity (Wildman–Crippen MR) is 95.4 cm³/mol. The van der Waals surface area contributed by atoms with Crippen LogP contribution in [0.1, 0.15) is 18.4 Å². The average Bonchev–Trinajstić information content (AvgIpc) is 2.57. The number of nitrogens with zero attached hydrogens (tertiary/aromatic N) is 2. The van der Waals surface area contributed by atoms with E-state index in [-0.39, 0.29) is 35.9 Å². The molecule has 1 N–H and O–H groups in total. The zero-order valence-corrected chi connectivity index (χ0v) is 15.5. The van der Waals surface area contributed by atoms with Crippen LogP contribution in [0.15, 0.2) is 24.3 Å². The van der Waals surface area contributed by atoms with Gasteiger partial charge in [-0.1, -0.05) is 12.1 Å². The molecule has 1 aromatic carbocycles. The summed E-state index contributed by atoms with van der Waals surface area (Å²) in [6.45, 7) is 2.49. The zero-order chi connectivity index (χ0) is 17.2. The van der Waals surface area contributed by atoms with Gasteiger partial charge in [-0.2, -0.15) is 4.31 Å². The van der Waals surface area contributed by atoms with Crippen molar-refractivity contribution in [2.45, 2.75) is 24.6 Å². The second-order valence-electron chi connectivity index (χ2n) is 6.30. The minimum absolute atomic E-state index is 0. The van der Waals surface area contributed by atoms with Gasteiger partial charge in [0.2, 0.25) is 15.9 Å². The highest BCUT2D eigenvalue weighted by Gasteiger charge is 2.34. The summed E-state index contributed by atoms with van der Waals surface area (Å²) in [5.41, 5.74) is 0.566. The van der Waals surface area contributed by atoms with Crippen molar-refractivity contribution in [3.8, 4) is 0 Å². The van der Waals surface area contributed by atoms with Gasteiger partial charge in [-0.05, 0) is 30.5 Å². The summed E-state index contributed by atoms with van der Waals surface area (Å²) >= 11 is 0. The van der Waals surface area contributed by atoms with Crippen LogP contribution in [-0.2, 0) is 20.6 Å². The Hall–Kier alpha value is -1.22. The molecule has 25 heavy (non-hydrogen) atoms. The van der Waals surface area contributed by atoms with Crippen LogP contribution in [-0.4, -0.2) is 62.3 Å². The van der Waals surface area contributed by atoms with Crippen molar-refractivity contribution in [1.82, 2.24) is 14.5 Å². The highest BCUT2D eigenvalue weighted by molar-refractivity contribution is 7.88. The van der Waals surface area contributed by atoms with E-state index >= 15 is 0 Å². The van der Waals surface area contributed by atoms with E-state index in [4.69, 9.17) is 0 Å². The second kappa shape index (κ2) is 8.44. The molecule has 3 rings (SSSR count). The normalized spacial score (nSPS) is 22.5. The van der Waals surface area contributed by atoms with Gasteiger partial charge in [0.05, 0.1) is 12.3 Å². The molecule has 2 fully saturated rings. The van der Waals surface area contributed by atoms with Crippen LogP contribution in [0.3, 0.4) is 0 Å². The van der Waals surface area contributed by atoms with Crippen LogP contribution in [0.4, 0.5) is 4.39 Å². The maximum Gasteiger partial charge on any atom is 0.236 e. The number of piperidine rings is 1. The molecule has 6 nitrogen and oxygen atoms in total. The largest absolute Gasteiger partial charge is 0.336 e. The number of benzene rings is 1. The SMILES string of the molecule is Cl.O=C1CNCCN1C1CCCN(S(=O)(=O)Cc2ccc(F)cc2)C1. The first-order chi connectivity index (χ1) is 11.5. The van der Waals surface area contributed by atoms with Crippen molar-refractivity contribution < 1.29 is 17.6 Å². The molecule has 2 aliphatic rings. The molecule has 0 bridgehead atoms. The number of halogens is 2. The van der Waals surface area contributed by atoms with Gasteiger partial charge in [0.1, 0.15) is 5.82 Å². The fourth-order valence-electron chi connectivity index (χ4n) is 3.32. The molecule has 0 saturated carbocycles. The van der Waals surface area contributed by atoms with Crippen molar-refractivity contribution in [3.05, 3.63) is 35.6 Å². The number of rotatable bonds is 4. The summed E-state index contributed by atoms with van der Waals surface area (Å²) in [6.07, 6.45) is 1.57. The Labute approximate surface area is 153 Å². The number of hydrogen-bond acceptors (Lipinski definition) is 4. The van der Waals surface area contributed by atoms with E-state index in [0.29, 0.717) is 31.7 Å². The van der Waals surface area contributed by atoms with E-state index in [1.165, 1.54) is 28.6 Å². The molecule has 1 amide bonds. The van der Waals surface area contributed by atoms with Crippen molar-refractivity contribution in [1.29, 1.82) is 0 Å². The second-order valence-corrected chi connectivity index (χ2v) is 8.27. The molecule has 0 spiro atoms. The standard InChI is InChI=1S/C16H22FN3O3S.ClH/c17-14-5-3-13(4-6-14)12-24(22,23)19-8-1-2-15(11-19)20-9-7-18-10-16(20)21;/h3-6,15,18H,1-2,7-12H2;1H. The molecular weight excluding hydrogens is 369 g/mol. The van der Waals surface area contributed by atoms with Crippen molar-refractivity contribution >= 4 is 28.3 Å². The van der Waals surface area contributed by atoms with Crippen molar-refractivity contribution in [3.63, 3.8) is 0 Å². The van der Waals surface area contributed by atoms with E-state index in [2.05, 4.69) is 5.32 Å². The van der Waals surface area contributed by atoms with E-state index in [1.807, 2.05) is 0 Å². The summed E-state index contributed by atoms with van der Waals surface area (Å²) in [7, 11) is -3.48. The summed E-state index contributed by atoms with van der Waals surface area (Å²) in [6, 6.07) is 5.46. The number of carbonyl (C=O) groups excluding carboxylic acids is 1. The number of piperazine rings is 1. The highest BCUT2D eigenvalue weighted by atomic mass is 35.5. The van der Waals surface area contributed by atoms with E-state index in [0.717, 1.165) is 19.4 Å². The summed E-state index contributed by atoms with van der Waals surface area (Å²) < 4.78 is 39.8. The number of sulfonamides is 1. The van der Waals surface area contributed by atoms with Crippen LogP contribution in [0.25, 0.3) is 0 Å². The first kappa shape index (κ1) is 20.1. The molecule has 2 heterocycles. The Kier molecular flexibility index (Phi) is 6.79. The molecule has 2 saturated heterocycles. The van der Waals surface area contributed by atoms with E-state index < -0.39 is 10.0 Å². The van der Waals surface area contributed by atoms with Gasteiger partial charge in [-0.25, -0.2) is 12.8 Å². The molecule has 0 aromatic heterocycles. The minimum Gasteiger partial charge on any atom is -0.336 e. The molecule has 0 aliphatic carbocycles. The number of carbonyl (C=O) groups is 1. The lowest BCUT2D eigenvalue weighted by molar-refractivity contribution is -0.135. The van der Waals surface area contributed by atoms with Gasteiger partial charge in [0.15, 0.2) is 0 Å². The summed E-state index contributed by atoms with van der Waals surface area (Å²) in [5, 5.41) is 3.03. The Morgan fingerprint density at radius 1 is 1.20 bits per heavy atom. The molecule has 140 valence electrons. The molecule has 9 heteroatoms. The van der Waals surface area contributed by atoms with Gasteiger partial charge in [0, 0.05) is 32.2 Å². The first-order valence-corrected chi connectivity index (χ1v) is 9.79. The van der Waals surface area contributed by atoms with E-state index in [9.17, 15) is 17.6 Å². The number of nitrogens with one attached hydrogen (secondary N) is 1. The Balaban J connectivity index is 0.00000225. The average molecular weight is 392 g/mol. The van der Waals surface area contributed by atoms with Gasteiger partial charge >= 0.3 is 0 Å². The zero-order valence-electron chi connectivity index (χ0n) is 13.9. The Bertz CT molecular complexity index is 699. The van der Waals surface area contributed by atoms with Gasteiger partial charge < -0.3 is 10.2 Å². The van der Waals surface area contributed by atoms with Crippen molar-refractivity contribution in [2.24, 2.45) is 0 Å². The third-order valence-corrected chi connectivity index (χ3v) is 6.40. The van der Waals surface area contributed by atoms with Gasteiger partial charge in [-0.3, -0.25) is 4.79 Å². The number of hydrogen-bond donors (Lipinski definition) is 1. The monoisotopic (exact) mass is 391 g/mol. The Morgan fingerprint density at radius 3 is 2.60 bits per heavy atom. The topological polar surface area (TPSA) is 69.7 Å². The van der Waals surface area contributed by atoms with E-state index in [1.54, 1.807) is 4.90 Å². The first-order valence-electron chi connectivity index (χ1n) is 8.18.